The maximum absolute atomic E-state index is 11.8. The van der Waals surface area contributed by atoms with Crippen molar-refractivity contribution in [1.29, 1.82) is 0 Å². The maximum Gasteiger partial charge on any atom is 0.328 e. The zero-order chi connectivity index (χ0) is 11.4. The molecular weight excluding hydrogens is 204 g/mol. The van der Waals surface area contributed by atoms with E-state index < -0.39 is 0 Å². The minimum Gasteiger partial charge on any atom is -0.302 e. The van der Waals surface area contributed by atoms with Crippen LogP contribution in [-0.4, -0.2) is 18.5 Å². The molecule has 3 heterocycles. The maximum atomic E-state index is 11.8. The second kappa shape index (κ2) is 2.75. The van der Waals surface area contributed by atoms with Crippen molar-refractivity contribution in [1.82, 2.24) is 18.5 Å². The number of hydrogen-bond donors (Lipinski definition) is 0. The van der Waals surface area contributed by atoms with E-state index >= 15 is 0 Å². The average Bonchev–Trinajstić information content (AvgIpc) is 2.75. The van der Waals surface area contributed by atoms with Crippen molar-refractivity contribution >= 4 is 16.7 Å². The first kappa shape index (κ1) is 9.21. The van der Waals surface area contributed by atoms with Crippen LogP contribution in [0.3, 0.4) is 0 Å². The Labute approximate surface area is 91.6 Å². The molecule has 16 heavy (non-hydrogen) atoms. The fourth-order valence-corrected chi connectivity index (χ4v) is 2.16. The summed E-state index contributed by atoms with van der Waals surface area (Å²) in [6, 6.07) is 1.94. The van der Waals surface area contributed by atoms with E-state index in [1.807, 2.05) is 29.8 Å². The molecule has 0 amide bonds. The van der Waals surface area contributed by atoms with E-state index in [1.54, 1.807) is 23.2 Å². The third kappa shape index (κ3) is 0.900. The van der Waals surface area contributed by atoms with Crippen molar-refractivity contribution in [2.45, 2.75) is 6.92 Å². The molecule has 0 aliphatic rings. The van der Waals surface area contributed by atoms with E-state index in [2.05, 4.69) is 4.98 Å². The lowest BCUT2D eigenvalue weighted by atomic mass is 10.4. The average molecular weight is 216 g/mol. The highest BCUT2D eigenvalue weighted by molar-refractivity contribution is 5.89. The summed E-state index contributed by atoms with van der Waals surface area (Å²) in [5.41, 5.74) is 3.65. The zero-order valence-electron chi connectivity index (χ0n) is 9.43. The molecule has 0 aromatic carbocycles. The summed E-state index contributed by atoms with van der Waals surface area (Å²) in [6.45, 7) is 1.99. The molecule has 0 saturated carbocycles. The van der Waals surface area contributed by atoms with Crippen LogP contribution in [0.4, 0.5) is 0 Å². The van der Waals surface area contributed by atoms with Crippen LogP contribution in [0.1, 0.15) is 5.69 Å². The van der Waals surface area contributed by atoms with Crippen molar-refractivity contribution in [3.05, 3.63) is 34.6 Å². The highest BCUT2D eigenvalue weighted by Crippen LogP contribution is 2.17. The molecule has 0 N–H and O–H groups in total. The second-order valence-electron chi connectivity index (χ2n) is 4.04. The van der Waals surface area contributed by atoms with Crippen molar-refractivity contribution in [3.8, 4) is 0 Å². The molecule has 3 aromatic rings. The Morgan fingerprint density at radius 2 is 2.00 bits per heavy atom. The van der Waals surface area contributed by atoms with Crippen molar-refractivity contribution in [2.24, 2.45) is 14.1 Å². The molecule has 0 spiro atoms. The number of nitrogens with zero attached hydrogens (tertiary/aromatic N) is 4. The van der Waals surface area contributed by atoms with E-state index in [0.717, 1.165) is 22.4 Å². The molecule has 82 valence electrons. The third-order valence-electron chi connectivity index (χ3n) is 3.09. The van der Waals surface area contributed by atoms with E-state index in [1.165, 1.54) is 0 Å². The van der Waals surface area contributed by atoms with Crippen LogP contribution in [0.2, 0.25) is 0 Å². The topological polar surface area (TPSA) is 44.2 Å². The minimum atomic E-state index is -0.0243. The van der Waals surface area contributed by atoms with Gasteiger partial charge in [-0.1, -0.05) is 0 Å². The number of fused-ring (bicyclic) bond motifs is 3. The summed E-state index contributed by atoms with van der Waals surface area (Å²) in [5, 5.41) is 0. The highest BCUT2D eigenvalue weighted by atomic mass is 16.1. The van der Waals surface area contributed by atoms with Gasteiger partial charge in [-0.15, -0.1) is 0 Å². The van der Waals surface area contributed by atoms with Crippen molar-refractivity contribution in [3.63, 3.8) is 0 Å². The number of hydrogen-bond acceptors (Lipinski definition) is 2. The Bertz CT molecular complexity index is 760. The molecule has 5 nitrogen and oxygen atoms in total. The lowest BCUT2D eigenvalue weighted by molar-refractivity contribution is 0.795. The summed E-state index contributed by atoms with van der Waals surface area (Å²) in [6.07, 6.45) is 3.76. The third-order valence-corrected chi connectivity index (χ3v) is 3.09. The van der Waals surface area contributed by atoms with Crippen LogP contribution in [-0.2, 0) is 14.1 Å². The molecular formula is C11H12N4O. The Morgan fingerprint density at radius 1 is 1.25 bits per heavy atom. The van der Waals surface area contributed by atoms with Gasteiger partial charge in [0.15, 0.2) is 5.65 Å². The number of aryl methyl sites for hydroxylation is 3. The second-order valence-corrected chi connectivity index (χ2v) is 4.04. The number of rotatable bonds is 0. The SMILES string of the molecule is Cc1cnc2c3c(ccn12)n(C)c(=O)n3C. The Kier molecular flexibility index (Phi) is 1.58. The number of pyridine rings is 1. The Balaban J connectivity index is 2.71. The van der Waals surface area contributed by atoms with Crippen LogP contribution in [0.15, 0.2) is 23.3 Å². The molecule has 3 aromatic heterocycles. The highest BCUT2D eigenvalue weighted by Gasteiger charge is 2.12. The summed E-state index contributed by atoms with van der Waals surface area (Å²) < 4.78 is 5.26. The molecule has 0 atom stereocenters. The van der Waals surface area contributed by atoms with Gasteiger partial charge in [0, 0.05) is 32.2 Å². The standard InChI is InChI=1S/C11H12N4O/c1-7-6-12-10-9-8(4-5-15(7)10)13(2)11(16)14(9)3/h4-6H,1-3H3. The predicted octanol–water partition coefficient (Wildman–Crippen LogP) is 0.833. The van der Waals surface area contributed by atoms with Gasteiger partial charge in [-0.3, -0.25) is 9.13 Å². The van der Waals surface area contributed by atoms with Crippen LogP contribution in [0.25, 0.3) is 16.7 Å². The fourth-order valence-electron chi connectivity index (χ4n) is 2.16. The van der Waals surface area contributed by atoms with Gasteiger partial charge < -0.3 is 4.40 Å². The smallest absolute Gasteiger partial charge is 0.302 e. The number of imidazole rings is 2. The van der Waals surface area contributed by atoms with Gasteiger partial charge in [-0.2, -0.15) is 0 Å². The van der Waals surface area contributed by atoms with Gasteiger partial charge >= 0.3 is 5.69 Å². The van der Waals surface area contributed by atoms with Crippen LogP contribution in [0, 0.1) is 6.92 Å². The van der Waals surface area contributed by atoms with Gasteiger partial charge in [0.1, 0.15) is 5.52 Å². The van der Waals surface area contributed by atoms with Crippen LogP contribution in [0.5, 0.6) is 0 Å². The van der Waals surface area contributed by atoms with E-state index in [4.69, 9.17) is 0 Å². The first-order chi connectivity index (χ1) is 7.61. The normalized spacial score (nSPS) is 11.7. The largest absolute Gasteiger partial charge is 0.328 e. The van der Waals surface area contributed by atoms with Crippen LogP contribution >= 0.6 is 0 Å². The lowest BCUT2D eigenvalue weighted by Crippen LogP contribution is -2.19. The molecule has 0 saturated heterocycles. The van der Waals surface area contributed by atoms with Gasteiger partial charge in [0.2, 0.25) is 0 Å². The van der Waals surface area contributed by atoms with E-state index in [9.17, 15) is 4.79 Å². The first-order valence-electron chi connectivity index (χ1n) is 5.09. The fraction of sp³-hybridized carbons (Fsp3) is 0.273. The molecule has 0 bridgehead atoms. The number of aromatic nitrogens is 4. The summed E-state index contributed by atoms with van der Waals surface area (Å²) >= 11 is 0. The summed E-state index contributed by atoms with van der Waals surface area (Å²) in [7, 11) is 3.55. The molecule has 0 unspecified atom stereocenters. The van der Waals surface area contributed by atoms with E-state index in [-0.39, 0.29) is 5.69 Å². The van der Waals surface area contributed by atoms with Crippen molar-refractivity contribution in [2.75, 3.05) is 0 Å². The van der Waals surface area contributed by atoms with E-state index in [0.29, 0.717) is 0 Å². The Hall–Kier alpha value is -2.04. The molecule has 5 heteroatoms. The van der Waals surface area contributed by atoms with Gasteiger partial charge in [0.25, 0.3) is 0 Å². The Morgan fingerprint density at radius 3 is 2.75 bits per heavy atom. The van der Waals surface area contributed by atoms with Gasteiger partial charge in [-0.05, 0) is 13.0 Å². The molecule has 0 fully saturated rings. The minimum absolute atomic E-state index is 0.0243. The zero-order valence-corrected chi connectivity index (χ0v) is 9.43. The monoisotopic (exact) mass is 216 g/mol. The molecule has 0 aliphatic carbocycles. The van der Waals surface area contributed by atoms with Gasteiger partial charge in [-0.25, -0.2) is 9.78 Å². The summed E-state index contributed by atoms with van der Waals surface area (Å²) in [5.74, 6) is 0. The molecule has 3 rings (SSSR count). The van der Waals surface area contributed by atoms with Gasteiger partial charge in [0.05, 0.1) is 5.52 Å². The quantitative estimate of drug-likeness (QED) is 0.558. The molecule has 0 radical (unpaired) electrons. The lowest BCUT2D eigenvalue weighted by Gasteiger charge is -1.99. The van der Waals surface area contributed by atoms with Crippen LogP contribution < -0.4 is 5.69 Å². The molecule has 0 aliphatic heterocycles. The first-order valence-corrected chi connectivity index (χ1v) is 5.09. The summed E-state index contributed by atoms with van der Waals surface area (Å²) in [4.78, 5) is 16.2. The predicted molar refractivity (Wildman–Crippen MR) is 61.6 cm³/mol. The van der Waals surface area contributed by atoms with Crippen molar-refractivity contribution < 1.29 is 0 Å².